The summed E-state index contributed by atoms with van der Waals surface area (Å²) in [5, 5.41) is 0.754. The average Bonchev–Trinajstić information content (AvgIpc) is 3.07. The van der Waals surface area contributed by atoms with Crippen LogP contribution in [-0.2, 0) is 14.4 Å². The van der Waals surface area contributed by atoms with E-state index < -0.39 is 17.9 Å². The van der Waals surface area contributed by atoms with E-state index in [1.165, 1.54) is 26.8 Å². The molecule has 0 unspecified atom stereocenters. The molecule has 1 heterocycles. The molecule has 0 fully saturated rings. The Morgan fingerprint density at radius 2 is 1.41 bits per heavy atom. The van der Waals surface area contributed by atoms with Crippen molar-refractivity contribution < 1.29 is 33.0 Å². The van der Waals surface area contributed by atoms with Crippen molar-refractivity contribution in [2.45, 2.75) is 27.7 Å². The molecule has 3 rings (SSSR count). The summed E-state index contributed by atoms with van der Waals surface area (Å²) in [6.45, 7) is 9.56. The lowest BCUT2D eigenvalue weighted by Crippen LogP contribution is -2.04. The highest BCUT2D eigenvalue weighted by Crippen LogP contribution is 2.36. The molecule has 0 spiro atoms. The van der Waals surface area contributed by atoms with Crippen molar-refractivity contribution in [1.82, 2.24) is 0 Å². The van der Waals surface area contributed by atoms with E-state index in [-0.39, 0.29) is 11.5 Å². The third kappa shape index (κ3) is 5.72. The highest BCUT2D eigenvalue weighted by atomic mass is 16.5. The van der Waals surface area contributed by atoms with Crippen LogP contribution in [0.3, 0.4) is 0 Å². The molecule has 7 nitrogen and oxygen atoms in total. The molecule has 0 aliphatic rings. The summed E-state index contributed by atoms with van der Waals surface area (Å²) < 4.78 is 21.6. The van der Waals surface area contributed by atoms with Gasteiger partial charge in [0.05, 0.1) is 0 Å². The van der Waals surface area contributed by atoms with Gasteiger partial charge in [-0.05, 0) is 31.2 Å². The van der Waals surface area contributed by atoms with E-state index in [1.54, 1.807) is 30.3 Å². The number of carbonyl (C=O) groups is 3. The fourth-order valence-corrected chi connectivity index (χ4v) is 3.00. The van der Waals surface area contributed by atoms with E-state index in [1.807, 2.05) is 19.1 Å². The van der Waals surface area contributed by atoms with E-state index in [2.05, 4.69) is 6.58 Å². The monoisotopic (exact) mass is 434 g/mol. The number of fused-ring (bicyclic) bond motifs is 1. The van der Waals surface area contributed by atoms with Gasteiger partial charge in [-0.1, -0.05) is 24.3 Å². The molecule has 0 saturated heterocycles. The van der Waals surface area contributed by atoms with Crippen LogP contribution in [0.2, 0.25) is 0 Å². The van der Waals surface area contributed by atoms with Crippen molar-refractivity contribution in [3.8, 4) is 28.6 Å². The van der Waals surface area contributed by atoms with Crippen molar-refractivity contribution in [2.75, 3.05) is 0 Å². The molecule has 164 valence electrons. The zero-order valence-electron chi connectivity index (χ0n) is 18.2. The zero-order valence-corrected chi connectivity index (χ0v) is 18.2. The maximum atomic E-state index is 11.5. The van der Waals surface area contributed by atoms with Gasteiger partial charge in [-0.15, -0.1) is 0 Å². The maximum absolute atomic E-state index is 11.5. The summed E-state index contributed by atoms with van der Waals surface area (Å²) >= 11 is 0. The molecule has 0 amide bonds. The van der Waals surface area contributed by atoms with Gasteiger partial charge in [0.2, 0.25) is 0 Å². The van der Waals surface area contributed by atoms with E-state index >= 15 is 0 Å². The van der Waals surface area contributed by atoms with Crippen LogP contribution in [0.25, 0.3) is 28.4 Å². The molecular weight excluding hydrogens is 412 g/mol. The van der Waals surface area contributed by atoms with Gasteiger partial charge in [0.25, 0.3) is 0 Å². The second kappa shape index (κ2) is 9.34. The molecule has 0 aliphatic heterocycles. The Morgan fingerprint density at radius 1 is 0.812 bits per heavy atom. The largest absolute Gasteiger partial charge is 0.456 e. The minimum Gasteiger partial charge on any atom is -0.456 e. The van der Waals surface area contributed by atoms with Crippen LogP contribution in [-0.4, -0.2) is 17.9 Å². The topological polar surface area (TPSA) is 92.0 Å². The van der Waals surface area contributed by atoms with Gasteiger partial charge in [0, 0.05) is 49.4 Å². The lowest BCUT2D eigenvalue weighted by Gasteiger charge is -2.08. The zero-order chi connectivity index (χ0) is 23.4. The molecule has 0 radical (unpaired) electrons. The molecule has 7 heteroatoms. The van der Waals surface area contributed by atoms with Crippen molar-refractivity contribution in [3.05, 3.63) is 60.2 Å². The number of benzene rings is 2. The number of hydrogen-bond donors (Lipinski definition) is 0. The summed E-state index contributed by atoms with van der Waals surface area (Å²) in [4.78, 5) is 34.3. The van der Waals surface area contributed by atoms with Crippen LogP contribution in [0.15, 0.2) is 59.0 Å². The molecule has 1 aromatic heterocycles. The Kier molecular flexibility index (Phi) is 6.59. The molecule has 0 atom stereocenters. The van der Waals surface area contributed by atoms with Gasteiger partial charge in [-0.2, -0.15) is 0 Å². The molecule has 0 aliphatic carbocycles. The first-order valence-corrected chi connectivity index (χ1v) is 9.72. The second-order valence-electron chi connectivity index (χ2n) is 7.19. The van der Waals surface area contributed by atoms with Crippen LogP contribution in [0.4, 0.5) is 0 Å². The predicted octanol–water partition coefficient (Wildman–Crippen LogP) is 5.47. The number of hydrogen-bond acceptors (Lipinski definition) is 7. The summed E-state index contributed by atoms with van der Waals surface area (Å²) in [5.41, 5.74) is 2.53. The predicted molar refractivity (Wildman–Crippen MR) is 119 cm³/mol. The highest BCUT2D eigenvalue weighted by molar-refractivity contribution is 5.88. The standard InChI is InChI=1S/C25H22O7/c1-14(2)6-7-18-8-19-11-23(32-25(19)13-24(18)31-17(5)28)20-9-21(29-15(3)26)12-22(10-20)30-16(4)27/h6-13H,1H2,2-5H3/b7-6+. The van der Waals surface area contributed by atoms with Crippen LogP contribution < -0.4 is 14.2 Å². The third-order valence-corrected chi connectivity index (χ3v) is 4.14. The van der Waals surface area contributed by atoms with Crippen molar-refractivity contribution in [2.24, 2.45) is 0 Å². The molecular formula is C25H22O7. The molecule has 32 heavy (non-hydrogen) atoms. The van der Waals surface area contributed by atoms with E-state index in [0.717, 1.165) is 11.0 Å². The minimum absolute atomic E-state index is 0.206. The number of furan rings is 1. The van der Waals surface area contributed by atoms with Gasteiger partial charge in [0.15, 0.2) is 0 Å². The SMILES string of the molecule is C=C(C)/C=C/c1cc2cc(-c3cc(OC(C)=O)cc(OC(C)=O)c3)oc2cc1OC(C)=O. The van der Waals surface area contributed by atoms with E-state index in [9.17, 15) is 14.4 Å². The summed E-state index contributed by atoms with van der Waals surface area (Å²) in [7, 11) is 0. The molecule has 0 bridgehead atoms. The van der Waals surface area contributed by atoms with E-state index in [0.29, 0.717) is 28.2 Å². The smallest absolute Gasteiger partial charge is 0.308 e. The van der Waals surface area contributed by atoms with Crippen LogP contribution in [0.5, 0.6) is 17.2 Å². The minimum atomic E-state index is -0.513. The van der Waals surface area contributed by atoms with Crippen LogP contribution in [0, 0.1) is 0 Å². The van der Waals surface area contributed by atoms with Gasteiger partial charge in [-0.3, -0.25) is 14.4 Å². The number of esters is 3. The lowest BCUT2D eigenvalue weighted by molar-refractivity contribution is -0.133. The Balaban J connectivity index is 2.12. The Morgan fingerprint density at radius 3 is 1.94 bits per heavy atom. The first kappa shape index (κ1) is 22.6. The van der Waals surface area contributed by atoms with Gasteiger partial charge in [0.1, 0.15) is 28.6 Å². The lowest BCUT2D eigenvalue weighted by atomic mass is 10.1. The quantitative estimate of drug-likeness (QED) is 0.289. The molecule has 3 aromatic rings. The Hall–Kier alpha value is -4.13. The fourth-order valence-electron chi connectivity index (χ4n) is 3.00. The summed E-state index contributed by atoms with van der Waals surface area (Å²) in [6, 6.07) is 9.87. The summed E-state index contributed by atoms with van der Waals surface area (Å²) in [5.74, 6) is -0.285. The average molecular weight is 434 g/mol. The van der Waals surface area contributed by atoms with Gasteiger partial charge < -0.3 is 18.6 Å². The number of allylic oxidation sites excluding steroid dienone is 2. The summed E-state index contributed by atoms with van der Waals surface area (Å²) in [6.07, 6.45) is 3.61. The first-order chi connectivity index (χ1) is 15.1. The van der Waals surface area contributed by atoms with Crippen molar-refractivity contribution in [3.63, 3.8) is 0 Å². The van der Waals surface area contributed by atoms with Crippen molar-refractivity contribution >= 4 is 35.0 Å². The number of ether oxygens (including phenoxy) is 3. The van der Waals surface area contributed by atoms with E-state index in [4.69, 9.17) is 18.6 Å². The maximum Gasteiger partial charge on any atom is 0.308 e. The molecule has 0 N–H and O–H groups in total. The normalized spacial score (nSPS) is 10.9. The second-order valence-corrected chi connectivity index (χ2v) is 7.19. The van der Waals surface area contributed by atoms with Crippen LogP contribution in [0.1, 0.15) is 33.3 Å². The Labute approximate surface area is 184 Å². The highest BCUT2D eigenvalue weighted by Gasteiger charge is 2.15. The molecule has 0 saturated carbocycles. The van der Waals surface area contributed by atoms with Crippen LogP contribution >= 0.6 is 0 Å². The fraction of sp³-hybridized carbons (Fsp3) is 0.160. The Bertz CT molecular complexity index is 1230. The number of rotatable bonds is 6. The first-order valence-electron chi connectivity index (χ1n) is 9.72. The van der Waals surface area contributed by atoms with Gasteiger partial charge in [-0.25, -0.2) is 0 Å². The van der Waals surface area contributed by atoms with Crippen molar-refractivity contribution in [1.29, 1.82) is 0 Å². The van der Waals surface area contributed by atoms with Gasteiger partial charge >= 0.3 is 17.9 Å². The third-order valence-electron chi connectivity index (χ3n) is 4.14. The number of carbonyl (C=O) groups excluding carboxylic acids is 3. The molecule has 2 aromatic carbocycles.